The zero-order chi connectivity index (χ0) is 15.0. The summed E-state index contributed by atoms with van der Waals surface area (Å²) in [6, 6.07) is 11.4. The first kappa shape index (κ1) is 13.6. The molecule has 2 aromatic carbocycles. The molecule has 1 heterocycles. The van der Waals surface area contributed by atoms with Crippen LogP contribution in [0.5, 0.6) is 0 Å². The number of nitrogen functional groups attached to an aromatic ring is 1. The van der Waals surface area contributed by atoms with Crippen LogP contribution in [0, 0.1) is 13.8 Å². The van der Waals surface area contributed by atoms with E-state index in [-0.39, 0.29) is 0 Å². The van der Waals surface area contributed by atoms with Crippen molar-refractivity contribution in [3.8, 4) is 17.1 Å². The molecule has 3 rings (SSSR count). The van der Waals surface area contributed by atoms with E-state index in [1.165, 1.54) is 5.56 Å². The van der Waals surface area contributed by atoms with Crippen LogP contribution in [-0.4, -0.2) is 20.2 Å². The average molecular weight is 300 g/mol. The fraction of sp³-hybridized carbons (Fsp3) is 0.133. The van der Waals surface area contributed by atoms with Crippen molar-refractivity contribution >= 4 is 17.3 Å². The van der Waals surface area contributed by atoms with Crippen LogP contribution in [0.15, 0.2) is 36.4 Å². The van der Waals surface area contributed by atoms with Crippen molar-refractivity contribution in [1.29, 1.82) is 0 Å². The third-order valence-corrected chi connectivity index (χ3v) is 3.61. The Morgan fingerprint density at radius 3 is 2.67 bits per heavy atom. The molecule has 0 saturated heterocycles. The van der Waals surface area contributed by atoms with Crippen LogP contribution >= 0.6 is 11.6 Å². The molecule has 0 fully saturated rings. The predicted molar refractivity (Wildman–Crippen MR) is 83.5 cm³/mol. The molecule has 3 aromatic rings. The van der Waals surface area contributed by atoms with Gasteiger partial charge in [-0.2, -0.15) is 4.68 Å². The number of tetrazole rings is 1. The Labute approximate surface area is 127 Å². The number of anilines is 1. The summed E-state index contributed by atoms with van der Waals surface area (Å²) in [5.74, 6) is 0.569. The summed E-state index contributed by atoms with van der Waals surface area (Å²) in [4.78, 5) is 0. The fourth-order valence-electron chi connectivity index (χ4n) is 2.27. The Kier molecular flexibility index (Phi) is 3.35. The van der Waals surface area contributed by atoms with E-state index in [9.17, 15) is 0 Å². The SMILES string of the molecule is Cc1ccc(-n2nnnc2-c2cc(N)ccc2Cl)c(C)c1. The Balaban J connectivity index is 2.19. The van der Waals surface area contributed by atoms with Crippen LogP contribution in [0.1, 0.15) is 11.1 Å². The van der Waals surface area contributed by atoms with Crippen molar-refractivity contribution in [2.24, 2.45) is 0 Å². The molecule has 0 bridgehead atoms. The Hall–Kier alpha value is -2.40. The number of benzene rings is 2. The minimum absolute atomic E-state index is 0.560. The summed E-state index contributed by atoms with van der Waals surface area (Å²) in [6.45, 7) is 4.07. The highest BCUT2D eigenvalue weighted by Crippen LogP contribution is 2.29. The smallest absolute Gasteiger partial charge is 0.188 e. The summed E-state index contributed by atoms with van der Waals surface area (Å²) in [5, 5.41) is 12.5. The molecule has 0 atom stereocenters. The van der Waals surface area contributed by atoms with Gasteiger partial charge in [0.05, 0.1) is 10.7 Å². The summed E-state index contributed by atoms with van der Waals surface area (Å²) in [7, 11) is 0. The van der Waals surface area contributed by atoms with Gasteiger partial charge in [-0.05, 0) is 54.1 Å². The van der Waals surface area contributed by atoms with Crippen molar-refractivity contribution < 1.29 is 0 Å². The molecule has 0 radical (unpaired) electrons. The number of halogens is 1. The van der Waals surface area contributed by atoms with Gasteiger partial charge in [-0.15, -0.1) is 5.10 Å². The molecule has 21 heavy (non-hydrogen) atoms. The zero-order valence-electron chi connectivity index (χ0n) is 11.7. The largest absolute Gasteiger partial charge is 0.399 e. The lowest BCUT2D eigenvalue weighted by molar-refractivity contribution is 0.787. The molecule has 2 N–H and O–H groups in total. The normalized spacial score (nSPS) is 10.8. The predicted octanol–water partition coefficient (Wildman–Crippen LogP) is 3.18. The van der Waals surface area contributed by atoms with Crippen molar-refractivity contribution in [2.75, 3.05) is 5.73 Å². The monoisotopic (exact) mass is 299 g/mol. The van der Waals surface area contributed by atoms with Crippen LogP contribution < -0.4 is 5.73 Å². The molecule has 0 aliphatic carbocycles. The number of nitrogens with zero attached hydrogens (tertiary/aromatic N) is 4. The second-order valence-electron chi connectivity index (χ2n) is 4.94. The summed E-state index contributed by atoms with van der Waals surface area (Å²) in [5.41, 5.74) is 10.4. The minimum atomic E-state index is 0.560. The maximum Gasteiger partial charge on any atom is 0.188 e. The summed E-state index contributed by atoms with van der Waals surface area (Å²) < 4.78 is 1.68. The lowest BCUT2D eigenvalue weighted by Crippen LogP contribution is -2.03. The van der Waals surface area contributed by atoms with Gasteiger partial charge in [0, 0.05) is 11.3 Å². The first-order valence-electron chi connectivity index (χ1n) is 6.47. The van der Waals surface area contributed by atoms with Gasteiger partial charge in [0.15, 0.2) is 5.82 Å². The van der Waals surface area contributed by atoms with Crippen LogP contribution in [-0.2, 0) is 0 Å². The van der Waals surface area contributed by atoms with Crippen LogP contribution in [0.2, 0.25) is 5.02 Å². The number of hydrogen-bond acceptors (Lipinski definition) is 4. The van der Waals surface area contributed by atoms with Gasteiger partial charge >= 0.3 is 0 Å². The number of aryl methyl sites for hydroxylation is 2. The van der Waals surface area contributed by atoms with E-state index in [0.29, 0.717) is 22.1 Å². The van der Waals surface area contributed by atoms with Crippen LogP contribution in [0.3, 0.4) is 0 Å². The molecule has 0 aliphatic rings. The second-order valence-corrected chi connectivity index (χ2v) is 5.35. The first-order chi connectivity index (χ1) is 10.1. The van der Waals surface area contributed by atoms with E-state index in [1.54, 1.807) is 22.9 Å². The maximum atomic E-state index is 6.25. The van der Waals surface area contributed by atoms with Crippen LogP contribution in [0.25, 0.3) is 17.1 Å². The second kappa shape index (κ2) is 5.18. The topological polar surface area (TPSA) is 69.6 Å². The van der Waals surface area contributed by atoms with E-state index in [1.807, 2.05) is 26.0 Å². The zero-order valence-corrected chi connectivity index (χ0v) is 12.5. The molecular formula is C15H14ClN5. The molecule has 5 nitrogen and oxygen atoms in total. The van der Waals surface area contributed by atoms with E-state index in [0.717, 1.165) is 11.3 Å². The fourth-order valence-corrected chi connectivity index (χ4v) is 2.48. The number of rotatable bonds is 2. The average Bonchev–Trinajstić information content (AvgIpc) is 2.90. The molecule has 106 valence electrons. The van der Waals surface area contributed by atoms with Gasteiger partial charge in [0.2, 0.25) is 0 Å². The van der Waals surface area contributed by atoms with Crippen molar-refractivity contribution in [3.63, 3.8) is 0 Å². The molecule has 0 aliphatic heterocycles. The van der Waals surface area contributed by atoms with Gasteiger partial charge in [0.1, 0.15) is 0 Å². The van der Waals surface area contributed by atoms with E-state index < -0.39 is 0 Å². The summed E-state index contributed by atoms with van der Waals surface area (Å²) >= 11 is 6.25. The lowest BCUT2D eigenvalue weighted by atomic mass is 10.1. The van der Waals surface area contributed by atoms with E-state index in [2.05, 4.69) is 21.6 Å². The summed E-state index contributed by atoms with van der Waals surface area (Å²) in [6.07, 6.45) is 0. The van der Waals surface area contributed by atoms with Crippen molar-refractivity contribution in [3.05, 3.63) is 52.5 Å². The third-order valence-electron chi connectivity index (χ3n) is 3.28. The van der Waals surface area contributed by atoms with E-state index in [4.69, 9.17) is 17.3 Å². The molecule has 6 heteroatoms. The molecule has 0 unspecified atom stereocenters. The molecule has 1 aromatic heterocycles. The highest BCUT2D eigenvalue weighted by atomic mass is 35.5. The lowest BCUT2D eigenvalue weighted by Gasteiger charge is -2.10. The van der Waals surface area contributed by atoms with E-state index >= 15 is 0 Å². The third kappa shape index (κ3) is 2.48. The Morgan fingerprint density at radius 1 is 1.10 bits per heavy atom. The maximum absolute atomic E-state index is 6.25. The first-order valence-corrected chi connectivity index (χ1v) is 6.85. The molecule has 0 spiro atoms. The highest BCUT2D eigenvalue weighted by Gasteiger charge is 2.15. The van der Waals surface area contributed by atoms with Gasteiger partial charge in [-0.25, -0.2) is 0 Å². The number of hydrogen-bond donors (Lipinski definition) is 1. The minimum Gasteiger partial charge on any atom is -0.399 e. The van der Waals surface area contributed by atoms with Gasteiger partial charge in [-0.3, -0.25) is 0 Å². The van der Waals surface area contributed by atoms with Gasteiger partial charge in [0.25, 0.3) is 0 Å². The molecule has 0 amide bonds. The standard InChI is InChI=1S/C15H14ClN5/c1-9-3-6-14(10(2)7-9)21-15(18-19-20-21)12-8-11(17)4-5-13(12)16/h3-8H,17H2,1-2H3. The van der Waals surface area contributed by atoms with Crippen molar-refractivity contribution in [1.82, 2.24) is 20.2 Å². The Morgan fingerprint density at radius 2 is 1.90 bits per heavy atom. The number of aromatic nitrogens is 4. The Bertz CT molecular complexity index is 810. The van der Waals surface area contributed by atoms with Crippen molar-refractivity contribution in [2.45, 2.75) is 13.8 Å². The van der Waals surface area contributed by atoms with Gasteiger partial charge < -0.3 is 5.73 Å². The van der Waals surface area contributed by atoms with Gasteiger partial charge in [-0.1, -0.05) is 29.3 Å². The highest BCUT2D eigenvalue weighted by molar-refractivity contribution is 6.33. The quantitative estimate of drug-likeness (QED) is 0.738. The van der Waals surface area contributed by atoms with Crippen LogP contribution in [0.4, 0.5) is 5.69 Å². The number of nitrogens with two attached hydrogens (primary N) is 1. The molecule has 0 saturated carbocycles. The molecular weight excluding hydrogens is 286 g/mol.